The van der Waals surface area contributed by atoms with Crippen LogP contribution in [0.15, 0.2) is 28.7 Å². The first-order valence-electron chi connectivity index (χ1n) is 9.25. The van der Waals surface area contributed by atoms with Gasteiger partial charge < -0.3 is 9.73 Å². The lowest BCUT2D eigenvalue weighted by Gasteiger charge is -2.06. The SMILES string of the molecule is CCCCc1nc2cc(C(=O)NCCCn3nc(C)cc3C)ccc2o1. The van der Waals surface area contributed by atoms with Gasteiger partial charge in [-0.25, -0.2) is 4.98 Å². The van der Waals surface area contributed by atoms with E-state index in [-0.39, 0.29) is 5.91 Å². The van der Waals surface area contributed by atoms with E-state index < -0.39 is 0 Å². The van der Waals surface area contributed by atoms with Gasteiger partial charge in [0.2, 0.25) is 0 Å². The number of carbonyl (C=O) groups excluding carboxylic acids is 1. The van der Waals surface area contributed by atoms with Crippen LogP contribution < -0.4 is 5.32 Å². The van der Waals surface area contributed by atoms with Crippen LogP contribution in [0, 0.1) is 13.8 Å². The standard InChI is InChI=1S/C20H26N4O2/c1-4-5-7-19-22-17-13-16(8-9-18(17)26-19)20(25)21-10-6-11-24-15(3)12-14(2)23-24/h8-9,12-13H,4-7,10-11H2,1-3H3,(H,21,25). The lowest BCUT2D eigenvalue weighted by Crippen LogP contribution is -2.25. The van der Waals surface area contributed by atoms with Gasteiger partial charge in [0.1, 0.15) is 5.52 Å². The quantitative estimate of drug-likeness (QED) is 0.624. The maximum atomic E-state index is 12.4. The number of hydrogen-bond donors (Lipinski definition) is 1. The zero-order chi connectivity index (χ0) is 18.5. The van der Waals surface area contributed by atoms with Crippen molar-refractivity contribution in [1.82, 2.24) is 20.1 Å². The molecule has 0 spiro atoms. The predicted molar refractivity (Wildman–Crippen MR) is 101 cm³/mol. The Balaban J connectivity index is 1.54. The highest BCUT2D eigenvalue weighted by molar-refractivity contribution is 5.97. The van der Waals surface area contributed by atoms with Gasteiger partial charge >= 0.3 is 0 Å². The molecule has 1 N–H and O–H groups in total. The Hall–Kier alpha value is -2.63. The van der Waals surface area contributed by atoms with E-state index in [1.54, 1.807) is 12.1 Å². The van der Waals surface area contributed by atoms with Gasteiger partial charge in [-0.2, -0.15) is 5.10 Å². The van der Waals surface area contributed by atoms with Gasteiger partial charge in [-0.05, 0) is 51.0 Å². The molecule has 3 aromatic rings. The first-order chi connectivity index (χ1) is 12.6. The molecule has 0 aliphatic rings. The minimum Gasteiger partial charge on any atom is -0.441 e. The van der Waals surface area contributed by atoms with E-state index in [0.29, 0.717) is 12.1 Å². The number of nitrogens with zero attached hydrogens (tertiary/aromatic N) is 3. The fourth-order valence-electron chi connectivity index (χ4n) is 2.99. The molecule has 26 heavy (non-hydrogen) atoms. The number of unbranched alkanes of at least 4 members (excludes halogenated alkanes) is 1. The summed E-state index contributed by atoms with van der Waals surface area (Å²) in [4.78, 5) is 16.8. The Morgan fingerprint density at radius 1 is 1.23 bits per heavy atom. The van der Waals surface area contributed by atoms with Gasteiger partial charge in [0.15, 0.2) is 11.5 Å². The Labute approximate surface area is 153 Å². The molecule has 1 amide bonds. The molecule has 0 atom stereocenters. The van der Waals surface area contributed by atoms with Crippen LogP contribution in [0.1, 0.15) is 53.8 Å². The summed E-state index contributed by atoms with van der Waals surface area (Å²) in [6.07, 6.45) is 3.82. The van der Waals surface area contributed by atoms with Crippen molar-refractivity contribution in [2.24, 2.45) is 0 Å². The minimum atomic E-state index is -0.0848. The van der Waals surface area contributed by atoms with Crippen LogP contribution in [0.3, 0.4) is 0 Å². The molecule has 0 unspecified atom stereocenters. The van der Waals surface area contributed by atoms with Gasteiger partial charge in [0.05, 0.1) is 5.69 Å². The summed E-state index contributed by atoms with van der Waals surface area (Å²) in [6, 6.07) is 7.46. The summed E-state index contributed by atoms with van der Waals surface area (Å²) in [5.74, 6) is 0.655. The molecule has 6 nitrogen and oxygen atoms in total. The number of rotatable bonds is 8. The van der Waals surface area contributed by atoms with Crippen molar-refractivity contribution in [3.05, 3.63) is 47.1 Å². The smallest absolute Gasteiger partial charge is 0.251 e. The third kappa shape index (κ3) is 4.31. The van der Waals surface area contributed by atoms with E-state index in [4.69, 9.17) is 4.42 Å². The van der Waals surface area contributed by atoms with Crippen LogP contribution >= 0.6 is 0 Å². The van der Waals surface area contributed by atoms with Crippen LogP contribution in [0.25, 0.3) is 11.1 Å². The maximum Gasteiger partial charge on any atom is 0.251 e. The normalized spacial score (nSPS) is 11.2. The number of amides is 1. The van der Waals surface area contributed by atoms with Crippen molar-refractivity contribution >= 4 is 17.0 Å². The average molecular weight is 354 g/mol. The maximum absolute atomic E-state index is 12.4. The van der Waals surface area contributed by atoms with E-state index in [1.165, 1.54) is 0 Å². The topological polar surface area (TPSA) is 73.0 Å². The van der Waals surface area contributed by atoms with Crippen molar-refractivity contribution in [2.75, 3.05) is 6.54 Å². The number of carbonyl (C=O) groups is 1. The number of hydrogen-bond acceptors (Lipinski definition) is 4. The molecular weight excluding hydrogens is 328 g/mol. The Morgan fingerprint density at radius 2 is 2.08 bits per heavy atom. The van der Waals surface area contributed by atoms with Crippen LogP contribution in [-0.4, -0.2) is 27.2 Å². The van der Waals surface area contributed by atoms with Crippen molar-refractivity contribution in [2.45, 2.75) is 53.0 Å². The van der Waals surface area contributed by atoms with Gasteiger partial charge in [0, 0.05) is 30.8 Å². The molecule has 6 heteroatoms. The molecule has 0 fully saturated rings. The Kier molecular flexibility index (Phi) is 5.71. The monoisotopic (exact) mass is 354 g/mol. The zero-order valence-electron chi connectivity index (χ0n) is 15.7. The molecule has 0 saturated heterocycles. The van der Waals surface area contributed by atoms with E-state index in [0.717, 1.165) is 60.6 Å². The van der Waals surface area contributed by atoms with E-state index in [2.05, 4.69) is 28.4 Å². The first kappa shape index (κ1) is 18.2. The second-order valence-electron chi connectivity index (χ2n) is 6.65. The second-order valence-corrected chi connectivity index (χ2v) is 6.65. The third-order valence-corrected chi connectivity index (χ3v) is 4.37. The Morgan fingerprint density at radius 3 is 2.81 bits per heavy atom. The summed E-state index contributed by atoms with van der Waals surface area (Å²) >= 11 is 0. The molecule has 0 aliphatic heterocycles. The van der Waals surface area contributed by atoms with Crippen LogP contribution in [-0.2, 0) is 13.0 Å². The van der Waals surface area contributed by atoms with E-state index in [9.17, 15) is 4.79 Å². The van der Waals surface area contributed by atoms with Gasteiger partial charge in [0.25, 0.3) is 5.91 Å². The predicted octanol–water partition coefficient (Wildman–Crippen LogP) is 3.80. The van der Waals surface area contributed by atoms with E-state index >= 15 is 0 Å². The second kappa shape index (κ2) is 8.17. The molecule has 0 bridgehead atoms. The molecule has 138 valence electrons. The summed E-state index contributed by atoms with van der Waals surface area (Å²) in [6.45, 7) is 7.57. The molecule has 0 saturated carbocycles. The summed E-state index contributed by atoms with van der Waals surface area (Å²) < 4.78 is 7.69. The highest BCUT2D eigenvalue weighted by atomic mass is 16.3. The van der Waals surface area contributed by atoms with Crippen LogP contribution in [0.4, 0.5) is 0 Å². The number of aryl methyl sites for hydroxylation is 4. The van der Waals surface area contributed by atoms with Gasteiger partial charge in [-0.3, -0.25) is 9.48 Å². The minimum absolute atomic E-state index is 0.0848. The molecule has 0 radical (unpaired) electrons. The fourth-order valence-corrected chi connectivity index (χ4v) is 2.99. The fraction of sp³-hybridized carbons (Fsp3) is 0.450. The molecule has 0 aliphatic carbocycles. The number of aromatic nitrogens is 3. The summed E-state index contributed by atoms with van der Waals surface area (Å²) in [7, 11) is 0. The summed E-state index contributed by atoms with van der Waals surface area (Å²) in [5.41, 5.74) is 4.25. The van der Waals surface area contributed by atoms with Crippen molar-refractivity contribution in [3.63, 3.8) is 0 Å². The number of oxazole rings is 1. The molecule has 1 aromatic carbocycles. The number of fused-ring (bicyclic) bond motifs is 1. The average Bonchev–Trinajstić information content (AvgIpc) is 3.17. The van der Waals surface area contributed by atoms with Crippen molar-refractivity contribution in [3.8, 4) is 0 Å². The molecule has 3 rings (SSSR count). The lowest BCUT2D eigenvalue weighted by molar-refractivity contribution is 0.0952. The molecule has 2 aromatic heterocycles. The van der Waals surface area contributed by atoms with Crippen LogP contribution in [0.2, 0.25) is 0 Å². The highest BCUT2D eigenvalue weighted by Gasteiger charge is 2.10. The third-order valence-electron chi connectivity index (χ3n) is 4.37. The Bertz CT molecular complexity index is 894. The zero-order valence-corrected chi connectivity index (χ0v) is 15.7. The number of nitrogens with one attached hydrogen (secondary N) is 1. The van der Waals surface area contributed by atoms with Crippen molar-refractivity contribution < 1.29 is 9.21 Å². The van der Waals surface area contributed by atoms with Gasteiger partial charge in [-0.15, -0.1) is 0 Å². The summed E-state index contributed by atoms with van der Waals surface area (Å²) in [5, 5.41) is 7.39. The largest absolute Gasteiger partial charge is 0.441 e. The lowest BCUT2D eigenvalue weighted by atomic mass is 10.2. The van der Waals surface area contributed by atoms with Crippen molar-refractivity contribution in [1.29, 1.82) is 0 Å². The number of benzene rings is 1. The molecule has 2 heterocycles. The van der Waals surface area contributed by atoms with E-state index in [1.807, 2.05) is 24.6 Å². The molecular formula is C20H26N4O2. The van der Waals surface area contributed by atoms with Crippen LogP contribution in [0.5, 0.6) is 0 Å². The first-order valence-corrected chi connectivity index (χ1v) is 9.25. The highest BCUT2D eigenvalue weighted by Crippen LogP contribution is 2.18. The van der Waals surface area contributed by atoms with Gasteiger partial charge in [-0.1, -0.05) is 13.3 Å².